The number of carbonyl (C=O) groups is 2. The molecule has 0 saturated carbocycles. The third-order valence-corrected chi connectivity index (χ3v) is 4.53. The Labute approximate surface area is 182 Å². The minimum atomic E-state index is -1.33. The van der Waals surface area contributed by atoms with Crippen molar-refractivity contribution in [3.05, 3.63) is 34.3 Å². The number of hydrogen-bond acceptors (Lipinski definition) is 10. The van der Waals surface area contributed by atoms with Gasteiger partial charge in [-0.25, -0.2) is 14.6 Å². The number of oxime groups is 1. The maximum atomic E-state index is 12.9. The highest BCUT2D eigenvalue weighted by Crippen LogP contribution is 2.44. The normalized spacial score (nSPS) is 14.9. The molecule has 0 amide bonds. The highest BCUT2D eigenvalue weighted by atomic mass is 32.1. The Hall–Kier alpha value is -3.34. The molecule has 10 nitrogen and oxygen atoms in total. The molecule has 1 aliphatic heterocycles. The van der Waals surface area contributed by atoms with Crippen molar-refractivity contribution < 1.29 is 33.7 Å². The van der Waals surface area contributed by atoms with Crippen LogP contribution < -0.4 is 15.2 Å². The molecule has 1 aromatic carbocycles. The van der Waals surface area contributed by atoms with Crippen LogP contribution in [0.5, 0.6) is 11.5 Å². The molecule has 0 radical (unpaired) electrons. The Bertz CT molecular complexity index is 1050. The number of aliphatic carboxylic acids is 1. The molecule has 2 aromatic rings. The van der Waals surface area contributed by atoms with Gasteiger partial charge in [0.05, 0.1) is 0 Å². The first-order valence-electron chi connectivity index (χ1n) is 9.28. The second-order valence-electron chi connectivity index (χ2n) is 8.12. The molecular weight excluding hydrogens is 426 g/mol. The average Bonchev–Trinajstić information content (AvgIpc) is 3.17. The number of carbonyl (C=O) groups excluding carboxylic acids is 1. The Morgan fingerprint density at radius 1 is 1.29 bits per heavy atom. The van der Waals surface area contributed by atoms with E-state index in [0.29, 0.717) is 11.3 Å². The summed E-state index contributed by atoms with van der Waals surface area (Å²) in [5, 5.41) is 14.7. The van der Waals surface area contributed by atoms with E-state index in [4.69, 9.17) is 24.8 Å². The summed E-state index contributed by atoms with van der Waals surface area (Å²) in [5.74, 6) is -2.29. The van der Waals surface area contributed by atoms with Crippen LogP contribution in [0.25, 0.3) is 0 Å². The Kier molecular flexibility index (Phi) is 5.81. The molecule has 0 bridgehead atoms. The number of benzene rings is 1. The zero-order valence-corrected chi connectivity index (χ0v) is 18.5. The number of aromatic nitrogens is 1. The van der Waals surface area contributed by atoms with E-state index in [2.05, 4.69) is 10.1 Å². The molecule has 0 atom stereocenters. The van der Waals surface area contributed by atoms with Crippen LogP contribution in [-0.2, 0) is 21.0 Å². The molecule has 0 unspecified atom stereocenters. The van der Waals surface area contributed by atoms with Crippen molar-refractivity contribution in [1.29, 1.82) is 0 Å². The first kappa shape index (κ1) is 22.3. The monoisotopic (exact) mass is 449 g/mol. The van der Waals surface area contributed by atoms with Crippen molar-refractivity contribution in [2.45, 2.75) is 52.6 Å². The Morgan fingerprint density at radius 3 is 2.58 bits per heavy atom. The lowest BCUT2D eigenvalue weighted by Gasteiger charge is -2.21. The maximum absolute atomic E-state index is 12.9. The van der Waals surface area contributed by atoms with Gasteiger partial charge in [0.15, 0.2) is 16.6 Å². The van der Waals surface area contributed by atoms with Crippen LogP contribution >= 0.6 is 11.3 Å². The van der Waals surface area contributed by atoms with Crippen LogP contribution in [0.4, 0.5) is 5.13 Å². The van der Waals surface area contributed by atoms with E-state index in [-0.39, 0.29) is 28.7 Å². The van der Waals surface area contributed by atoms with E-state index >= 15 is 0 Å². The summed E-state index contributed by atoms with van der Waals surface area (Å²) in [6.07, 6.45) is 0. The molecule has 31 heavy (non-hydrogen) atoms. The first-order valence-corrected chi connectivity index (χ1v) is 10.2. The number of carboxylic acid groups (broad SMARTS) is 1. The number of hydrogen-bond donors (Lipinski definition) is 2. The van der Waals surface area contributed by atoms with Crippen molar-refractivity contribution in [3.63, 3.8) is 0 Å². The van der Waals surface area contributed by atoms with Crippen molar-refractivity contribution in [3.8, 4) is 11.5 Å². The second kappa shape index (κ2) is 8.06. The number of ether oxygens (including phenoxy) is 3. The van der Waals surface area contributed by atoms with Gasteiger partial charge in [0.1, 0.15) is 23.5 Å². The maximum Gasteiger partial charge on any atom is 0.360 e. The molecule has 166 valence electrons. The highest BCUT2D eigenvalue weighted by molar-refractivity contribution is 7.13. The molecular formula is C20H23N3O7S. The summed E-state index contributed by atoms with van der Waals surface area (Å²) >= 11 is 1.08. The lowest BCUT2D eigenvalue weighted by molar-refractivity contribution is -0.129. The quantitative estimate of drug-likeness (QED) is 0.386. The summed E-state index contributed by atoms with van der Waals surface area (Å²) < 4.78 is 17.0. The van der Waals surface area contributed by atoms with Crippen LogP contribution in [0.3, 0.4) is 0 Å². The minimum absolute atomic E-state index is 0.0785. The Balaban J connectivity index is 1.92. The highest BCUT2D eigenvalue weighted by Gasteiger charge is 2.37. The molecule has 0 spiro atoms. The number of rotatable bonds is 6. The molecule has 0 fully saturated rings. The van der Waals surface area contributed by atoms with Crippen molar-refractivity contribution in [2.24, 2.45) is 5.16 Å². The fourth-order valence-corrected chi connectivity index (χ4v) is 3.30. The number of nitrogens with zero attached hydrogens (tertiary/aromatic N) is 2. The van der Waals surface area contributed by atoms with Gasteiger partial charge in [-0.3, -0.25) is 0 Å². The standard InChI is InChI=1S/C20H23N3O7S/c1-19(2,3)30-17(26)13-10(6-7-12-15(13)29-20(4,5)28-12)8-27-23-14(16(24)25)11-9-31-18(21)22-11/h6-7,9H,8H2,1-5H3,(H2,21,22)(H,24,25). The molecule has 0 aliphatic carbocycles. The van der Waals surface area contributed by atoms with Gasteiger partial charge in [-0.15, -0.1) is 11.3 Å². The SMILES string of the molecule is CC(C)(C)OC(=O)c1c(CON=C(C(=O)O)c2csc(N)n2)ccc2c1OC(C)(C)O2. The van der Waals surface area contributed by atoms with Gasteiger partial charge in [0.25, 0.3) is 0 Å². The predicted molar refractivity (Wildman–Crippen MR) is 112 cm³/mol. The second-order valence-corrected chi connectivity index (χ2v) is 9.01. The molecule has 3 rings (SSSR count). The van der Waals surface area contributed by atoms with Gasteiger partial charge in [-0.05, 0) is 26.8 Å². The third kappa shape index (κ3) is 5.23. The van der Waals surface area contributed by atoms with Crippen LogP contribution in [0.2, 0.25) is 0 Å². The van der Waals surface area contributed by atoms with Crippen molar-refractivity contribution in [2.75, 3.05) is 5.73 Å². The summed E-state index contributed by atoms with van der Waals surface area (Å²) in [6, 6.07) is 3.25. The van der Waals surface area contributed by atoms with E-state index in [1.165, 1.54) is 5.38 Å². The van der Waals surface area contributed by atoms with Gasteiger partial charge in [-0.2, -0.15) is 0 Å². The van der Waals surface area contributed by atoms with Crippen LogP contribution in [0, 0.1) is 0 Å². The number of anilines is 1. The van der Waals surface area contributed by atoms with Crippen LogP contribution in [0.15, 0.2) is 22.7 Å². The summed E-state index contributed by atoms with van der Waals surface area (Å²) in [4.78, 5) is 33.6. The number of thiazole rings is 1. The smallest absolute Gasteiger partial charge is 0.360 e. The zero-order chi connectivity index (χ0) is 23.0. The fraction of sp³-hybridized carbons (Fsp3) is 0.400. The number of carboxylic acids is 1. The van der Waals surface area contributed by atoms with Gasteiger partial charge in [0, 0.05) is 24.8 Å². The molecule has 11 heteroatoms. The Morgan fingerprint density at radius 2 is 2.00 bits per heavy atom. The summed E-state index contributed by atoms with van der Waals surface area (Å²) in [5.41, 5.74) is 5.00. The number of esters is 1. The lowest BCUT2D eigenvalue weighted by atomic mass is 10.1. The van der Waals surface area contributed by atoms with Gasteiger partial charge in [0.2, 0.25) is 11.5 Å². The number of nitrogen functional groups attached to an aromatic ring is 1. The van der Waals surface area contributed by atoms with E-state index in [0.717, 1.165) is 11.3 Å². The van der Waals surface area contributed by atoms with Crippen molar-refractivity contribution >= 4 is 34.1 Å². The molecule has 1 aromatic heterocycles. The molecule has 0 saturated heterocycles. The minimum Gasteiger partial charge on any atom is -0.476 e. The van der Waals surface area contributed by atoms with E-state index < -0.39 is 29.0 Å². The van der Waals surface area contributed by atoms with Gasteiger partial charge >= 0.3 is 11.9 Å². The molecule has 1 aliphatic rings. The molecule has 3 N–H and O–H groups in total. The average molecular weight is 449 g/mol. The van der Waals surface area contributed by atoms with Crippen LogP contribution in [0.1, 0.15) is 56.2 Å². The van der Waals surface area contributed by atoms with E-state index in [9.17, 15) is 14.7 Å². The largest absolute Gasteiger partial charge is 0.476 e. The predicted octanol–water partition coefficient (Wildman–Crippen LogP) is 3.19. The topological polar surface area (TPSA) is 143 Å². The lowest BCUT2D eigenvalue weighted by Crippen LogP contribution is -2.30. The first-order chi connectivity index (χ1) is 14.4. The fourth-order valence-electron chi connectivity index (χ4n) is 2.75. The summed E-state index contributed by atoms with van der Waals surface area (Å²) in [7, 11) is 0. The van der Waals surface area contributed by atoms with Gasteiger partial charge in [-0.1, -0.05) is 11.2 Å². The molecule has 2 heterocycles. The zero-order valence-electron chi connectivity index (χ0n) is 17.7. The van der Waals surface area contributed by atoms with Crippen LogP contribution in [-0.4, -0.2) is 39.1 Å². The van der Waals surface area contributed by atoms with E-state index in [1.54, 1.807) is 46.8 Å². The van der Waals surface area contributed by atoms with Crippen molar-refractivity contribution in [1.82, 2.24) is 4.98 Å². The summed E-state index contributed by atoms with van der Waals surface area (Å²) in [6.45, 7) is 8.44. The van der Waals surface area contributed by atoms with E-state index in [1.807, 2.05) is 0 Å². The number of fused-ring (bicyclic) bond motifs is 1. The number of nitrogens with two attached hydrogens (primary N) is 1. The van der Waals surface area contributed by atoms with Gasteiger partial charge < -0.3 is 29.9 Å². The third-order valence-electron chi connectivity index (χ3n) is 3.86.